The minimum atomic E-state index is 0.154. The number of hydrogen-bond acceptors (Lipinski definition) is 2. The van der Waals surface area contributed by atoms with Gasteiger partial charge in [-0.05, 0) is 36.0 Å². The maximum absolute atomic E-state index is 11.3. The van der Waals surface area contributed by atoms with Crippen LogP contribution < -0.4 is 10.6 Å². The lowest BCUT2D eigenvalue weighted by Gasteiger charge is -2.17. The van der Waals surface area contributed by atoms with Gasteiger partial charge in [0.05, 0.1) is 0 Å². The molecule has 0 bridgehead atoms. The highest BCUT2D eigenvalue weighted by Gasteiger charge is 2.18. The zero-order chi connectivity index (χ0) is 11.7. The van der Waals surface area contributed by atoms with E-state index in [1.807, 2.05) is 0 Å². The summed E-state index contributed by atoms with van der Waals surface area (Å²) in [5.74, 6) is 0.154. The first-order valence-corrected chi connectivity index (χ1v) is 6.45. The van der Waals surface area contributed by atoms with Gasteiger partial charge in [0.1, 0.15) is 0 Å². The van der Waals surface area contributed by atoms with Gasteiger partial charge in [0.15, 0.2) is 0 Å². The van der Waals surface area contributed by atoms with Crippen molar-refractivity contribution in [1.82, 2.24) is 10.6 Å². The molecule has 0 radical (unpaired) electrons. The van der Waals surface area contributed by atoms with Crippen molar-refractivity contribution in [3.05, 3.63) is 34.9 Å². The number of benzene rings is 1. The summed E-state index contributed by atoms with van der Waals surface area (Å²) in [7, 11) is 0. The molecule has 90 valence electrons. The van der Waals surface area contributed by atoms with Crippen LogP contribution in [-0.4, -0.2) is 19.0 Å². The smallest absolute Gasteiger partial charge is 0.221 e. The quantitative estimate of drug-likeness (QED) is 0.764. The van der Waals surface area contributed by atoms with Gasteiger partial charge in [-0.15, -0.1) is 0 Å². The lowest BCUT2D eigenvalue weighted by atomic mass is 10.0. The molecule has 3 rings (SSSR count). The zero-order valence-electron chi connectivity index (χ0n) is 9.96. The molecule has 1 aromatic carbocycles. The van der Waals surface area contributed by atoms with Crippen LogP contribution in [0.1, 0.15) is 35.6 Å². The largest absolute Gasteiger partial charge is 0.354 e. The van der Waals surface area contributed by atoms with E-state index in [1.165, 1.54) is 36.0 Å². The Morgan fingerprint density at radius 3 is 2.94 bits per heavy atom. The van der Waals surface area contributed by atoms with Gasteiger partial charge in [0.25, 0.3) is 0 Å². The second-order valence-electron chi connectivity index (χ2n) is 4.94. The molecule has 3 heteroatoms. The molecule has 1 heterocycles. The molecule has 2 N–H and O–H groups in total. The van der Waals surface area contributed by atoms with E-state index < -0.39 is 0 Å². The van der Waals surface area contributed by atoms with Gasteiger partial charge in [-0.1, -0.05) is 18.2 Å². The Morgan fingerprint density at radius 2 is 2.00 bits per heavy atom. The maximum atomic E-state index is 11.3. The molecule has 0 spiro atoms. The van der Waals surface area contributed by atoms with Crippen molar-refractivity contribution in [3.63, 3.8) is 0 Å². The molecule has 1 fully saturated rings. The Morgan fingerprint density at radius 1 is 1.12 bits per heavy atom. The molecule has 1 aliphatic heterocycles. The molecule has 1 unspecified atom stereocenters. The van der Waals surface area contributed by atoms with E-state index in [4.69, 9.17) is 0 Å². The van der Waals surface area contributed by atoms with Crippen LogP contribution in [0.3, 0.4) is 0 Å². The first-order valence-electron chi connectivity index (χ1n) is 6.45. The minimum absolute atomic E-state index is 0.154. The number of amides is 1. The van der Waals surface area contributed by atoms with Gasteiger partial charge in [-0.25, -0.2) is 0 Å². The standard InChI is InChI=1S/C14H18N2O/c17-14-6-7-15-13(9-16-14)12-5-4-10-2-1-3-11(10)8-12/h4-5,8,13,15H,1-3,6-7,9H2,(H,16,17). The molecule has 17 heavy (non-hydrogen) atoms. The molecular weight excluding hydrogens is 212 g/mol. The second kappa shape index (κ2) is 4.49. The van der Waals surface area contributed by atoms with Gasteiger partial charge in [-0.2, -0.15) is 0 Å². The minimum Gasteiger partial charge on any atom is -0.354 e. The van der Waals surface area contributed by atoms with Crippen molar-refractivity contribution in [2.24, 2.45) is 0 Å². The van der Waals surface area contributed by atoms with Crippen LogP contribution in [0.2, 0.25) is 0 Å². The first-order chi connectivity index (χ1) is 8.33. The average Bonchev–Trinajstić information content (AvgIpc) is 2.70. The fraction of sp³-hybridized carbons (Fsp3) is 0.500. The SMILES string of the molecule is O=C1CCNC(c2ccc3c(c2)CCC3)CN1. The van der Waals surface area contributed by atoms with Gasteiger partial charge < -0.3 is 10.6 Å². The molecule has 1 amide bonds. The van der Waals surface area contributed by atoms with Crippen molar-refractivity contribution in [2.45, 2.75) is 31.7 Å². The molecule has 0 aromatic heterocycles. The molecule has 1 aliphatic carbocycles. The summed E-state index contributed by atoms with van der Waals surface area (Å²) in [5.41, 5.74) is 4.32. The van der Waals surface area contributed by atoms with E-state index in [1.54, 1.807) is 0 Å². The van der Waals surface area contributed by atoms with Gasteiger partial charge in [0, 0.05) is 25.6 Å². The Balaban J connectivity index is 1.81. The van der Waals surface area contributed by atoms with Crippen LogP contribution in [-0.2, 0) is 17.6 Å². The van der Waals surface area contributed by atoms with Crippen molar-refractivity contribution in [2.75, 3.05) is 13.1 Å². The third-order valence-corrected chi connectivity index (χ3v) is 3.77. The monoisotopic (exact) mass is 230 g/mol. The number of rotatable bonds is 1. The molecule has 0 saturated carbocycles. The van der Waals surface area contributed by atoms with Crippen LogP contribution in [0.4, 0.5) is 0 Å². The predicted octanol–water partition coefficient (Wildman–Crippen LogP) is 1.33. The summed E-state index contributed by atoms with van der Waals surface area (Å²) >= 11 is 0. The second-order valence-corrected chi connectivity index (χ2v) is 4.94. The third-order valence-electron chi connectivity index (χ3n) is 3.77. The predicted molar refractivity (Wildman–Crippen MR) is 66.8 cm³/mol. The Labute approximate surface area is 102 Å². The van der Waals surface area contributed by atoms with E-state index in [0.29, 0.717) is 13.0 Å². The van der Waals surface area contributed by atoms with Crippen LogP contribution in [0.25, 0.3) is 0 Å². The van der Waals surface area contributed by atoms with Crippen molar-refractivity contribution >= 4 is 5.91 Å². The van der Waals surface area contributed by atoms with E-state index in [0.717, 1.165) is 6.54 Å². The van der Waals surface area contributed by atoms with Crippen molar-refractivity contribution in [1.29, 1.82) is 0 Å². The number of hydrogen-bond donors (Lipinski definition) is 2. The summed E-state index contributed by atoms with van der Waals surface area (Å²) in [6.07, 6.45) is 4.31. The van der Waals surface area contributed by atoms with Crippen molar-refractivity contribution < 1.29 is 4.79 Å². The Hall–Kier alpha value is -1.35. The molecule has 1 aromatic rings. The number of carbonyl (C=O) groups is 1. The average molecular weight is 230 g/mol. The fourth-order valence-corrected chi connectivity index (χ4v) is 2.78. The summed E-state index contributed by atoms with van der Waals surface area (Å²) < 4.78 is 0. The lowest BCUT2D eigenvalue weighted by Crippen LogP contribution is -2.28. The number of aryl methyl sites for hydroxylation is 2. The highest BCUT2D eigenvalue weighted by Crippen LogP contribution is 2.25. The number of carbonyl (C=O) groups excluding carboxylic acids is 1. The Bertz CT molecular complexity index is 442. The van der Waals surface area contributed by atoms with Crippen LogP contribution in [0.5, 0.6) is 0 Å². The highest BCUT2D eigenvalue weighted by atomic mass is 16.1. The third kappa shape index (κ3) is 2.20. The van der Waals surface area contributed by atoms with E-state index in [2.05, 4.69) is 28.8 Å². The van der Waals surface area contributed by atoms with Gasteiger partial charge in [0.2, 0.25) is 5.91 Å². The highest BCUT2D eigenvalue weighted by molar-refractivity contribution is 5.76. The fourth-order valence-electron chi connectivity index (χ4n) is 2.78. The molecule has 3 nitrogen and oxygen atoms in total. The summed E-state index contributed by atoms with van der Waals surface area (Å²) in [6, 6.07) is 7.05. The van der Waals surface area contributed by atoms with Crippen LogP contribution in [0, 0.1) is 0 Å². The number of nitrogens with one attached hydrogen (secondary N) is 2. The normalized spacial score (nSPS) is 24.0. The summed E-state index contributed by atoms with van der Waals surface area (Å²) in [4.78, 5) is 11.3. The topological polar surface area (TPSA) is 41.1 Å². The summed E-state index contributed by atoms with van der Waals surface area (Å²) in [5, 5.41) is 6.40. The zero-order valence-corrected chi connectivity index (χ0v) is 9.96. The van der Waals surface area contributed by atoms with E-state index in [-0.39, 0.29) is 11.9 Å². The van der Waals surface area contributed by atoms with Gasteiger partial charge in [-0.3, -0.25) is 4.79 Å². The Kier molecular flexibility index (Phi) is 2.85. The van der Waals surface area contributed by atoms with Crippen LogP contribution in [0.15, 0.2) is 18.2 Å². The van der Waals surface area contributed by atoms with E-state index >= 15 is 0 Å². The molecule has 1 saturated heterocycles. The lowest BCUT2D eigenvalue weighted by molar-refractivity contribution is -0.120. The molecular formula is C14H18N2O. The summed E-state index contributed by atoms with van der Waals surface area (Å²) in [6.45, 7) is 1.48. The first kappa shape index (κ1) is 10.8. The van der Waals surface area contributed by atoms with Crippen LogP contribution >= 0.6 is 0 Å². The number of fused-ring (bicyclic) bond motifs is 1. The maximum Gasteiger partial charge on any atom is 0.221 e. The molecule has 2 aliphatic rings. The van der Waals surface area contributed by atoms with E-state index in [9.17, 15) is 4.79 Å². The molecule has 1 atom stereocenters. The van der Waals surface area contributed by atoms with Gasteiger partial charge >= 0.3 is 0 Å². The van der Waals surface area contributed by atoms with Crippen molar-refractivity contribution in [3.8, 4) is 0 Å².